The highest BCUT2D eigenvalue weighted by Crippen LogP contribution is 2.11. The zero-order valence-corrected chi connectivity index (χ0v) is 8.36. The number of hydrogen-bond acceptors (Lipinski definition) is 4. The second-order valence-electron chi connectivity index (χ2n) is 2.34. The van der Waals surface area contributed by atoms with Gasteiger partial charge in [-0.3, -0.25) is 0 Å². The summed E-state index contributed by atoms with van der Waals surface area (Å²) < 4.78 is 0. The number of carboxylic acids is 1. The molecule has 0 amide bonds. The van der Waals surface area contributed by atoms with E-state index in [4.69, 9.17) is 10.6 Å². The Balaban J connectivity index is 2.67. The minimum absolute atomic E-state index is 0.0312. The lowest BCUT2D eigenvalue weighted by molar-refractivity contribution is 0.0691. The Kier molecular flexibility index (Phi) is 4.16. The molecule has 0 aromatic carbocycles. The Bertz CT molecular complexity index is 464. The van der Waals surface area contributed by atoms with Crippen molar-refractivity contribution < 1.29 is 9.90 Å². The third-order valence-electron chi connectivity index (χ3n) is 1.37. The molecule has 0 fully saturated rings. The number of aromatic nitrogens is 1. The summed E-state index contributed by atoms with van der Waals surface area (Å²) in [6, 6.07) is 0. The number of carbonyl (C=O) groups is 1. The van der Waals surface area contributed by atoms with Gasteiger partial charge in [-0.25, -0.2) is 9.78 Å². The van der Waals surface area contributed by atoms with Gasteiger partial charge in [-0.15, -0.1) is 11.3 Å². The van der Waals surface area contributed by atoms with Crippen LogP contribution in [0.25, 0.3) is 10.4 Å². The minimum atomic E-state index is -1.09. The molecule has 0 bridgehead atoms. The molecule has 0 radical (unpaired) electrons. The highest BCUT2D eigenvalue weighted by Gasteiger charge is 2.10. The molecule has 0 atom stereocenters. The fraction of sp³-hybridized carbons (Fsp3) is 0.250. The molecular weight excluding hydrogens is 216 g/mol. The van der Waals surface area contributed by atoms with E-state index in [1.807, 2.05) is 0 Å². The maximum absolute atomic E-state index is 10.6. The Morgan fingerprint density at radius 2 is 2.60 bits per heavy atom. The van der Waals surface area contributed by atoms with Gasteiger partial charge >= 0.3 is 5.97 Å². The average molecular weight is 222 g/mol. The summed E-state index contributed by atoms with van der Waals surface area (Å²) in [5, 5.41) is 12.0. The van der Waals surface area contributed by atoms with Gasteiger partial charge in [-0.05, 0) is 5.53 Å². The van der Waals surface area contributed by atoms with Crippen molar-refractivity contribution in [3.63, 3.8) is 0 Å². The zero-order valence-electron chi connectivity index (χ0n) is 7.54. The van der Waals surface area contributed by atoms with E-state index in [0.29, 0.717) is 11.3 Å². The van der Waals surface area contributed by atoms with Crippen molar-refractivity contribution in [3.05, 3.63) is 26.5 Å². The second kappa shape index (κ2) is 5.65. The van der Waals surface area contributed by atoms with E-state index in [0.717, 1.165) is 0 Å². The first kappa shape index (κ1) is 11.0. The normalized spacial score (nSPS) is 8.53. The molecule has 0 aliphatic carbocycles. The molecule has 0 spiro atoms. The Hall–Kier alpha value is -2.03. The maximum atomic E-state index is 10.6. The van der Waals surface area contributed by atoms with Crippen LogP contribution in [0.5, 0.6) is 0 Å². The lowest BCUT2D eigenvalue weighted by Crippen LogP contribution is -1.98. The SMILES string of the molecule is [N-]=[N+]=NCCC#Cc1scnc1C(=O)O. The van der Waals surface area contributed by atoms with Gasteiger partial charge in [0, 0.05) is 17.9 Å². The predicted molar refractivity (Wildman–Crippen MR) is 54.6 cm³/mol. The van der Waals surface area contributed by atoms with Crippen molar-refractivity contribution in [1.29, 1.82) is 0 Å². The van der Waals surface area contributed by atoms with Crippen LogP contribution in [0.3, 0.4) is 0 Å². The molecule has 0 unspecified atom stereocenters. The average Bonchev–Trinajstić information content (AvgIpc) is 2.66. The summed E-state index contributed by atoms with van der Waals surface area (Å²) >= 11 is 1.17. The van der Waals surface area contributed by atoms with Crippen LogP contribution in [0.4, 0.5) is 0 Å². The predicted octanol–water partition coefficient (Wildman–Crippen LogP) is 1.89. The largest absolute Gasteiger partial charge is 0.476 e. The van der Waals surface area contributed by atoms with Gasteiger partial charge in [-0.2, -0.15) is 0 Å². The number of aromatic carboxylic acids is 1. The summed E-state index contributed by atoms with van der Waals surface area (Å²) in [5.74, 6) is 4.30. The van der Waals surface area contributed by atoms with Crippen molar-refractivity contribution in [2.75, 3.05) is 6.54 Å². The molecule has 15 heavy (non-hydrogen) atoms. The van der Waals surface area contributed by atoms with Crippen LogP contribution in [-0.2, 0) is 0 Å². The third kappa shape index (κ3) is 3.31. The third-order valence-corrected chi connectivity index (χ3v) is 2.11. The smallest absolute Gasteiger partial charge is 0.356 e. The van der Waals surface area contributed by atoms with E-state index in [1.54, 1.807) is 0 Å². The standard InChI is InChI=1S/C8H6N4O2S/c9-12-11-4-2-1-3-6-7(8(13)14)10-5-15-6/h5H,2,4H2,(H,13,14). The van der Waals surface area contributed by atoms with Gasteiger partial charge in [0.25, 0.3) is 0 Å². The van der Waals surface area contributed by atoms with Crippen LogP contribution in [0.2, 0.25) is 0 Å². The molecule has 0 saturated heterocycles. The minimum Gasteiger partial charge on any atom is -0.476 e. The van der Waals surface area contributed by atoms with Gasteiger partial charge < -0.3 is 5.11 Å². The number of carboxylic acid groups (broad SMARTS) is 1. The molecule has 1 heterocycles. The quantitative estimate of drug-likeness (QED) is 0.278. The monoisotopic (exact) mass is 222 g/mol. The van der Waals surface area contributed by atoms with Crippen LogP contribution in [0.1, 0.15) is 21.8 Å². The number of hydrogen-bond donors (Lipinski definition) is 1. The molecule has 7 heteroatoms. The molecule has 76 valence electrons. The van der Waals surface area contributed by atoms with Gasteiger partial charge in [0.15, 0.2) is 5.69 Å². The first-order chi connectivity index (χ1) is 7.25. The Morgan fingerprint density at radius 3 is 3.27 bits per heavy atom. The highest BCUT2D eigenvalue weighted by atomic mass is 32.1. The molecular formula is C8H6N4O2S. The molecule has 6 nitrogen and oxygen atoms in total. The number of thiazole rings is 1. The van der Waals surface area contributed by atoms with E-state index in [1.165, 1.54) is 16.8 Å². The molecule has 0 aliphatic rings. The summed E-state index contributed by atoms with van der Waals surface area (Å²) in [6.07, 6.45) is 0.404. The number of azide groups is 1. The van der Waals surface area contributed by atoms with Crippen molar-refractivity contribution in [2.45, 2.75) is 6.42 Å². The second-order valence-corrected chi connectivity index (χ2v) is 3.20. The van der Waals surface area contributed by atoms with Crippen molar-refractivity contribution >= 4 is 17.3 Å². The fourth-order valence-electron chi connectivity index (χ4n) is 0.781. The van der Waals surface area contributed by atoms with Crippen LogP contribution in [0, 0.1) is 11.8 Å². The summed E-state index contributed by atoms with van der Waals surface area (Å²) in [5.41, 5.74) is 9.39. The van der Waals surface area contributed by atoms with E-state index >= 15 is 0 Å². The first-order valence-corrected chi connectivity index (χ1v) is 4.80. The molecule has 1 N–H and O–H groups in total. The summed E-state index contributed by atoms with van der Waals surface area (Å²) in [4.78, 5) is 17.3. The van der Waals surface area contributed by atoms with Crippen LogP contribution in [-0.4, -0.2) is 22.6 Å². The van der Waals surface area contributed by atoms with E-state index in [9.17, 15) is 4.79 Å². The molecule has 1 rings (SSSR count). The van der Waals surface area contributed by atoms with Crippen molar-refractivity contribution in [2.24, 2.45) is 5.11 Å². The summed E-state index contributed by atoms with van der Waals surface area (Å²) in [7, 11) is 0. The van der Waals surface area contributed by atoms with Crippen LogP contribution >= 0.6 is 11.3 Å². The van der Waals surface area contributed by atoms with Crippen molar-refractivity contribution in [3.8, 4) is 11.8 Å². The maximum Gasteiger partial charge on any atom is 0.356 e. The number of rotatable bonds is 3. The van der Waals surface area contributed by atoms with Crippen molar-refractivity contribution in [1.82, 2.24) is 4.98 Å². The van der Waals surface area contributed by atoms with Gasteiger partial charge in [0.1, 0.15) is 4.88 Å². The molecule has 0 aliphatic heterocycles. The number of nitrogens with zero attached hydrogens (tertiary/aromatic N) is 4. The lowest BCUT2D eigenvalue weighted by Gasteiger charge is -1.86. The van der Waals surface area contributed by atoms with Gasteiger partial charge in [-0.1, -0.05) is 17.0 Å². The van der Waals surface area contributed by atoms with E-state index in [2.05, 4.69) is 26.9 Å². The highest BCUT2D eigenvalue weighted by molar-refractivity contribution is 7.10. The molecule has 1 aromatic heterocycles. The lowest BCUT2D eigenvalue weighted by atomic mass is 10.3. The Labute approximate surface area is 89.2 Å². The topological polar surface area (TPSA) is 99.0 Å². The molecule has 0 saturated carbocycles. The van der Waals surface area contributed by atoms with Crippen LogP contribution < -0.4 is 0 Å². The first-order valence-electron chi connectivity index (χ1n) is 3.92. The molecule has 1 aromatic rings. The fourth-order valence-corrected chi connectivity index (χ4v) is 1.43. The van der Waals surface area contributed by atoms with E-state index in [-0.39, 0.29) is 12.2 Å². The summed E-state index contributed by atoms with van der Waals surface area (Å²) in [6.45, 7) is 0.282. The van der Waals surface area contributed by atoms with Gasteiger partial charge in [0.2, 0.25) is 0 Å². The van der Waals surface area contributed by atoms with Crippen LogP contribution in [0.15, 0.2) is 10.6 Å². The van der Waals surface area contributed by atoms with Gasteiger partial charge in [0.05, 0.1) is 5.51 Å². The Morgan fingerprint density at radius 1 is 1.80 bits per heavy atom. The zero-order chi connectivity index (χ0) is 11.1. The van der Waals surface area contributed by atoms with E-state index < -0.39 is 5.97 Å².